The van der Waals surface area contributed by atoms with E-state index < -0.39 is 11.8 Å². The van der Waals surface area contributed by atoms with Crippen molar-refractivity contribution < 1.29 is 9.59 Å². The largest absolute Gasteiger partial charge is 0.298 e. The molecule has 0 aliphatic carbocycles. The second kappa shape index (κ2) is 5.15. The van der Waals surface area contributed by atoms with Crippen LogP contribution in [0.1, 0.15) is 5.56 Å². The fraction of sp³-hybridized carbons (Fsp3) is 0.167. The number of nitrogens with one attached hydrogen (secondary N) is 1. The van der Waals surface area contributed by atoms with Gasteiger partial charge in [0.25, 0.3) is 11.8 Å². The highest BCUT2D eigenvalue weighted by Crippen LogP contribution is 2.14. The van der Waals surface area contributed by atoms with Crippen molar-refractivity contribution in [3.05, 3.63) is 36.2 Å². The standard InChI is InChI=1S/C12H12N4O2S/c1-3-4-16-11(18)9(10(17)14-12(16)19)5-8-6-13-15(2)7-8/h3,5-7H,1,4H2,2H3,(H,14,17,19)/b9-5-. The van der Waals surface area contributed by atoms with E-state index in [0.29, 0.717) is 5.56 Å². The number of nitrogens with zero attached hydrogens (tertiary/aromatic N) is 3. The van der Waals surface area contributed by atoms with Gasteiger partial charge in [-0.15, -0.1) is 6.58 Å². The number of carbonyl (C=O) groups excluding carboxylic acids is 2. The number of thiocarbonyl (C=S) groups is 1. The van der Waals surface area contributed by atoms with Crippen molar-refractivity contribution in [2.75, 3.05) is 6.54 Å². The minimum atomic E-state index is -0.501. The molecular weight excluding hydrogens is 264 g/mol. The first-order valence-corrected chi connectivity index (χ1v) is 5.92. The number of rotatable bonds is 3. The molecular formula is C12H12N4O2S. The van der Waals surface area contributed by atoms with Gasteiger partial charge in [-0.25, -0.2) is 0 Å². The van der Waals surface area contributed by atoms with E-state index >= 15 is 0 Å². The summed E-state index contributed by atoms with van der Waals surface area (Å²) in [6.45, 7) is 3.81. The van der Waals surface area contributed by atoms with Gasteiger partial charge in [-0.1, -0.05) is 6.08 Å². The third-order valence-corrected chi connectivity index (χ3v) is 2.86. The maximum absolute atomic E-state index is 12.2. The van der Waals surface area contributed by atoms with Crippen LogP contribution in [-0.2, 0) is 16.6 Å². The van der Waals surface area contributed by atoms with Gasteiger partial charge in [0.2, 0.25) is 0 Å². The summed E-state index contributed by atoms with van der Waals surface area (Å²) in [5.41, 5.74) is 0.704. The Morgan fingerprint density at radius 1 is 1.53 bits per heavy atom. The molecule has 0 saturated carbocycles. The molecule has 1 aliphatic heterocycles. The zero-order valence-corrected chi connectivity index (χ0v) is 11.1. The predicted molar refractivity (Wildman–Crippen MR) is 73.8 cm³/mol. The molecule has 2 heterocycles. The highest BCUT2D eigenvalue weighted by molar-refractivity contribution is 7.80. The van der Waals surface area contributed by atoms with Gasteiger partial charge in [-0.05, 0) is 18.3 Å². The second-order valence-electron chi connectivity index (χ2n) is 3.97. The van der Waals surface area contributed by atoms with Crippen LogP contribution in [0.5, 0.6) is 0 Å². The van der Waals surface area contributed by atoms with Crippen molar-refractivity contribution in [3.63, 3.8) is 0 Å². The topological polar surface area (TPSA) is 67.2 Å². The van der Waals surface area contributed by atoms with Gasteiger partial charge in [0, 0.05) is 25.4 Å². The number of hydrogen-bond acceptors (Lipinski definition) is 4. The fourth-order valence-electron chi connectivity index (χ4n) is 1.67. The van der Waals surface area contributed by atoms with Crippen LogP contribution in [0, 0.1) is 0 Å². The van der Waals surface area contributed by atoms with E-state index in [9.17, 15) is 9.59 Å². The summed E-state index contributed by atoms with van der Waals surface area (Å²) in [5, 5.41) is 6.55. The highest BCUT2D eigenvalue weighted by Gasteiger charge is 2.32. The van der Waals surface area contributed by atoms with Gasteiger partial charge in [0.1, 0.15) is 5.57 Å². The summed E-state index contributed by atoms with van der Waals surface area (Å²) in [6, 6.07) is 0. The summed E-state index contributed by atoms with van der Waals surface area (Å²) >= 11 is 4.95. The van der Waals surface area contributed by atoms with E-state index in [1.165, 1.54) is 11.0 Å². The van der Waals surface area contributed by atoms with E-state index in [0.717, 1.165) is 0 Å². The summed E-state index contributed by atoms with van der Waals surface area (Å²) < 4.78 is 1.59. The molecule has 2 rings (SSSR count). The summed E-state index contributed by atoms with van der Waals surface area (Å²) in [7, 11) is 1.75. The first-order chi connectivity index (χ1) is 9.02. The van der Waals surface area contributed by atoms with Crippen molar-refractivity contribution in [1.82, 2.24) is 20.0 Å². The predicted octanol–water partition coefficient (Wildman–Crippen LogP) is 0.233. The smallest absolute Gasteiger partial charge is 0.265 e. The van der Waals surface area contributed by atoms with Crippen LogP contribution in [0.2, 0.25) is 0 Å². The average Bonchev–Trinajstić information content (AvgIpc) is 2.76. The summed E-state index contributed by atoms with van der Waals surface area (Å²) in [5.74, 6) is -0.934. The monoisotopic (exact) mass is 276 g/mol. The van der Waals surface area contributed by atoms with Gasteiger partial charge in [0.15, 0.2) is 5.11 Å². The Kier molecular flexibility index (Phi) is 3.57. The highest BCUT2D eigenvalue weighted by atomic mass is 32.1. The van der Waals surface area contributed by atoms with Crippen molar-refractivity contribution in [2.24, 2.45) is 7.05 Å². The van der Waals surface area contributed by atoms with Crippen molar-refractivity contribution in [3.8, 4) is 0 Å². The average molecular weight is 276 g/mol. The molecule has 1 saturated heterocycles. The second-order valence-corrected chi connectivity index (χ2v) is 4.36. The molecule has 2 amide bonds. The Morgan fingerprint density at radius 3 is 2.84 bits per heavy atom. The molecule has 1 aliphatic rings. The third kappa shape index (κ3) is 2.60. The first-order valence-electron chi connectivity index (χ1n) is 5.51. The summed E-state index contributed by atoms with van der Waals surface area (Å²) in [6.07, 6.45) is 6.31. The minimum Gasteiger partial charge on any atom is -0.298 e. The van der Waals surface area contributed by atoms with Gasteiger partial charge in [-0.3, -0.25) is 24.5 Å². The molecule has 19 heavy (non-hydrogen) atoms. The van der Waals surface area contributed by atoms with E-state index in [-0.39, 0.29) is 17.2 Å². The van der Waals surface area contributed by atoms with Crippen LogP contribution in [-0.4, -0.2) is 38.2 Å². The summed E-state index contributed by atoms with van der Waals surface area (Å²) in [4.78, 5) is 25.3. The quantitative estimate of drug-likeness (QED) is 0.371. The maximum atomic E-state index is 12.2. The Hall–Kier alpha value is -2.28. The molecule has 0 atom stereocenters. The van der Waals surface area contributed by atoms with Crippen LogP contribution in [0.3, 0.4) is 0 Å². The number of hydrogen-bond donors (Lipinski definition) is 1. The SMILES string of the molecule is C=CCN1C(=O)/C(=C\c2cnn(C)c2)C(=O)NC1=S. The van der Waals surface area contributed by atoms with Crippen LogP contribution in [0.15, 0.2) is 30.6 Å². The van der Waals surface area contributed by atoms with E-state index in [1.54, 1.807) is 30.2 Å². The van der Waals surface area contributed by atoms with Gasteiger partial charge >= 0.3 is 0 Å². The number of aryl methyl sites for hydroxylation is 1. The lowest BCUT2D eigenvalue weighted by atomic mass is 10.1. The Bertz CT molecular complexity index is 603. The van der Waals surface area contributed by atoms with Crippen molar-refractivity contribution >= 4 is 35.2 Å². The van der Waals surface area contributed by atoms with Crippen LogP contribution in [0.4, 0.5) is 0 Å². The lowest BCUT2D eigenvalue weighted by Gasteiger charge is -2.27. The van der Waals surface area contributed by atoms with Gasteiger partial charge < -0.3 is 0 Å². The lowest BCUT2D eigenvalue weighted by Crippen LogP contribution is -2.53. The van der Waals surface area contributed by atoms with Crippen molar-refractivity contribution in [2.45, 2.75) is 0 Å². The molecule has 7 heteroatoms. The maximum Gasteiger partial charge on any atom is 0.265 e. The molecule has 1 aromatic rings. The number of carbonyl (C=O) groups is 2. The zero-order chi connectivity index (χ0) is 14.0. The Balaban J connectivity index is 2.35. The van der Waals surface area contributed by atoms with Crippen LogP contribution >= 0.6 is 12.2 Å². The minimum absolute atomic E-state index is 0.0310. The first kappa shape index (κ1) is 13.2. The molecule has 1 fully saturated rings. The molecule has 0 unspecified atom stereocenters. The lowest BCUT2D eigenvalue weighted by molar-refractivity contribution is -0.128. The number of amides is 2. The fourth-order valence-corrected chi connectivity index (χ4v) is 1.92. The third-order valence-electron chi connectivity index (χ3n) is 2.53. The Morgan fingerprint density at radius 2 is 2.26 bits per heavy atom. The van der Waals surface area contributed by atoms with Gasteiger partial charge in [-0.2, -0.15) is 5.10 Å². The van der Waals surface area contributed by atoms with Crippen LogP contribution < -0.4 is 5.32 Å². The molecule has 0 bridgehead atoms. The molecule has 0 spiro atoms. The molecule has 0 radical (unpaired) electrons. The molecule has 1 N–H and O–H groups in total. The normalized spacial score (nSPS) is 17.8. The number of aromatic nitrogens is 2. The van der Waals surface area contributed by atoms with Crippen LogP contribution in [0.25, 0.3) is 6.08 Å². The Labute approximate surface area is 115 Å². The van der Waals surface area contributed by atoms with E-state index in [1.807, 2.05) is 0 Å². The van der Waals surface area contributed by atoms with E-state index in [2.05, 4.69) is 17.0 Å². The zero-order valence-electron chi connectivity index (χ0n) is 10.3. The van der Waals surface area contributed by atoms with Gasteiger partial charge in [0.05, 0.1) is 6.20 Å². The molecule has 0 aromatic carbocycles. The molecule has 6 nitrogen and oxygen atoms in total. The molecule has 1 aromatic heterocycles. The van der Waals surface area contributed by atoms with Crippen molar-refractivity contribution in [1.29, 1.82) is 0 Å². The van der Waals surface area contributed by atoms with E-state index in [4.69, 9.17) is 12.2 Å². The molecule has 98 valence electrons.